The zero-order valence-corrected chi connectivity index (χ0v) is 10.0. The maximum atomic E-state index is 13.6. The average Bonchev–Trinajstić information content (AvgIpc) is 2.29. The van der Waals surface area contributed by atoms with Gasteiger partial charge in [-0.15, -0.1) is 0 Å². The van der Waals surface area contributed by atoms with Crippen molar-refractivity contribution in [2.24, 2.45) is 0 Å². The van der Waals surface area contributed by atoms with Crippen molar-refractivity contribution in [1.29, 1.82) is 0 Å². The SMILES string of the molecule is CCN1CCN(c2ncc(Cl)cc2F)CC1. The van der Waals surface area contributed by atoms with Crippen LogP contribution in [0.15, 0.2) is 12.3 Å². The van der Waals surface area contributed by atoms with E-state index in [-0.39, 0.29) is 5.82 Å². The van der Waals surface area contributed by atoms with Gasteiger partial charge in [0, 0.05) is 32.4 Å². The van der Waals surface area contributed by atoms with Gasteiger partial charge >= 0.3 is 0 Å². The van der Waals surface area contributed by atoms with Crippen LogP contribution in [0.4, 0.5) is 10.2 Å². The molecule has 2 heterocycles. The molecule has 0 spiro atoms. The molecule has 1 aromatic heterocycles. The van der Waals surface area contributed by atoms with Gasteiger partial charge in [0.15, 0.2) is 11.6 Å². The summed E-state index contributed by atoms with van der Waals surface area (Å²) in [7, 11) is 0. The smallest absolute Gasteiger partial charge is 0.167 e. The van der Waals surface area contributed by atoms with Crippen LogP contribution in [0.3, 0.4) is 0 Å². The molecule has 3 nitrogen and oxygen atoms in total. The number of hydrogen-bond acceptors (Lipinski definition) is 3. The fourth-order valence-corrected chi connectivity index (χ4v) is 2.06. The Morgan fingerprint density at radius 3 is 2.62 bits per heavy atom. The van der Waals surface area contributed by atoms with Gasteiger partial charge in [-0.25, -0.2) is 9.37 Å². The number of likely N-dealkylation sites (N-methyl/N-ethyl adjacent to an activating group) is 1. The zero-order chi connectivity index (χ0) is 11.5. The lowest BCUT2D eigenvalue weighted by molar-refractivity contribution is 0.269. The van der Waals surface area contributed by atoms with E-state index in [9.17, 15) is 4.39 Å². The summed E-state index contributed by atoms with van der Waals surface area (Å²) >= 11 is 5.67. The summed E-state index contributed by atoms with van der Waals surface area (Å²) in [6, 6.07) is 1.32. The Morgan fingerprint density at radius 2 is 2.06 bits per heavy atom. The summed E-state index contributed by atoms with van der Waals surface area (Å²) in [5.74, 6) is 0.0811. The molecule has 2 rings (SSSR count). The molecule has 16 heavy (non-hydrogen) atoms. The maximum Gasteiger partial charge on any atom is 0.167 e. The molecule has 1 aliphatic heterocycles. The van der Waals surface area contributed by atoms with E-state index in [1.807, 2.05) is 4.90 Å². The second-order valence-corrected chi connectivity index (χ2v) is 4.32. The number of pyridine rings is 1. The molecule has 0 bridgehead atoms. The number of rotatable bonds is 2. The second kappa shape index (κ2) is 4.97. The van der Waals surface area contributed by atoms with E-state index in [1.165, 1.54) is 12.3 Å². The minimum absolute atomic E-state index is 0.336. The third-order valence-electron chi connectivity index (χ3n) is 2.91. The predicted molar refractivity (Wildman–Crippen MR) is 63.5 cm³/mol. The largest absolute Gasteiger partial charge is 0.352 e. The highest BCUT2D eigenvalue weighted by Crippen LogP contribution is 2.20. The molecule has 1 saturated heterocycles. The molecule has 88 valence electrons. The topological polar surface area (TPSA) is 19.4 Å². The molecule has 5 heteroatoms. The first-order chi connectivity index (χ1) is 7.70. The fraction of sp³-hybridized carbons (Fsp3) is 0.545. The molecule has 0 aromatic carbocycles. The van der Waals surface area contributed by atoms with Gasteiger partial charge in [0.05, 0.1) is 5.02 Å². The minimum Gasteiger partial charge on any atom is -0.352 e. The Labute approximate surface area is 99.8 Å². The monoisotopic (exact) mass is 243 g/mol. The molecule has 0 unspecified atom stereocenters. The molecule has 0 atom stereocenters. The lowest BCUT2D eigenvalue weighted by atomic mass is 10.3. The van der Waals surface area contributed by atoms with Gasteiger partial charge in [0.2, 0.25) is 0 Å². The molecular weight excluding hydrogens is 229 g/mol. The summed E-state index contributed by atoms with van der Waals surface area (Å²) in [4.78, 5) is 8.36. The fourth-order valence-electron chi connectivity index (χ4n) is 1.92. The van der Waals surface area contributed by atoms with E-state index in [0.717, 1.165) is 32.7 Å². The summed E-state index contributed by atoms with van der Waals surface area (Å²) < 4.78 is 13.6. The van der Waals surface area contributed by atoms with Crippen molar-refractivity contribution in [1.82, 2.24) is 9.88 Å². The van der Waals surface area contributed by atoms with Gasteiger partial charge in [-0.05, 0) is 12.6 Å². The molecule has 1 fully saturated rings. The minimum atomic E-state index is -0.336. The quantitative estimate of drug-likeness (QED) is 0.792. The molecule has 0 radical (unpaired) electrons. The summed E-state index contributed by atoms with van der Waals surface area (Å²) in [5, 5.41) is 0.341. The molecule has 0 saturated carbocycles. The Balaban J connectivity index is 2.08. The molecule has 0 aliphatic carbocycles. The molecule has 0 N–H and O–H groups in total. The first kappa shape index (κ1) is 11.6. The van der Waals surface area contributed by atoms with E-state index in [1.54, 1.807) is 0 Å². The molecular formula is C11H15ClFN3. The highest BCUT2D eigenvalue weighted by molar-refractivity contribution is 6.30. The van der Waals surface area contributed by atoms with Crippen molar-refractivity contribution in [3.8, 4) is 0 Å². The summed E-state index contributed by atoms with van der Waals surface area (Å²) in [5.41, 5.74) is 0. The van der Waals surface area contributed by atoms with Crippen LogP contribution in [0.25, 0.3) is 0 Å². The van der Waals surface area contributed by atoms with Crippen LogP contribution in [-0.4, -0.2) is 42.6 Å². The molecule has 0 amide bonds. The van der Waals surface area contributed by atoms with Gasteiger partial charge in [-0.1, -0.05) is 18.5 Å². The number of hydrogen-bond donors (Lipinski definition) is 0. The first-order valence-corrected chi connectivity index (χ1v) is 5.87. The van der Waals surface area contributed by atoms with Gasteiger partial charge in [0.1, 0.15) is 0 Å². The number of nitrogens with zero attached hydrogens (tertiary/aromatic N) is 3. The standard InChI is InChI=1S/C11H15ClFN3/c1-2-15-3-5-16(6-4-15)11-10(13)7-9(12)8-14-11/h7-8H,2-6H2,1H3. The van der Waals surface area contributed by atoms with Gasteiger partial charge in [0.25, 0.3) is 0 Å². The second-order valence-electron chi connectivity index (χ2n) is 3.88. The average molecular weight is 244 g/mol. The van der Waals surface area contributed by atoms with Crippen LogP contribution < -0.4 is 4.90 Å². The van der Waals surface area contributed by atoms with Crippen LogP contribution in [0.5, 0.6) is 0 Å². The third kappa shape index (κ3) is 2.44. The van der Waals surface area contributed by atoms with E-state index >= 15 is 0 Å². The van der Waals surface area contributed by atoms with Crippen LogP contribution in [0, 0.1) is 5.82 Å². The maximum absolute atomic E-state index is 13.6. The van der Waals surface area contributed by atoms with Crippen molar-refractivity contribution < 1.29 is 4.39 Å². The molecule has 1 aliphatic rings. The summed E-state index contributed by atoms with van der Waals surface area (Å²) in [6.45, 7) is 6.74. The number of aromatic nitrogens is 1. The van der Waals surface area contributed by atoms with Crippen LogP contribution in [0.2, 0.25) is 5.02 Å². The van der Waals surface area contributed by atoms with Crippen LogP contribution in [-0.2, 0) is 0 Å². The highest BCUT2D eigenvalue weighted by Gasteiger charge is 2.19. The van der Waals surface area contributed by atoms with Gasteiger partial charge < -0.3 is 9.80 Å². The normalized spacial score (nSPS) is 17.8. The van der Waals surface area contributed by atoms with E-state index < -0.39 is 0 Å². The van der Waals surface area contributed by atoms with Crippen molar-refractivity contribution >= 4 is 17.4 Å². The third-order valence-corrected chi connectivity index (χ3v) is 3.11. The number of halogens is 2. The number of piperazine rings is 1. The van der Waals surface area contributed by atoms with Crippen LogP contribution >= 0.6 is 11.6 Å². The first-order valence-electron chi connectivity index (χ1n) is 5.49. The lowest BCUT2D eigenvalue weighted by Gasteiger charge is -2.34. The Morgan fingerprint density at radius 1 is 1.38 bits per heavy atom. The Bertz CT molecular complexity index is 364. The Hall–Kier alpha value is -0.870. The van der Waals surface area contributed by atoms with E-state index in [4.69, 9.17) is 11.6 Å². The Kier molecular flexibility index (Phi) is 3.61. The summed E-state index contributed by atoms with van der Waals surface area (Å²) in [6.07, 6.45) is 1.49. The number of anilines is 1. The van der Waals surface area contributed by atoms with Crippen molar-refractivity contribution in [2.45, 2.75) is 6.92 Å². The van der Waals surface area contributed by atoms with E-state index in [2.05, 4.69) is 16.8 Å². The van der Waals surface area contributed by atoms with Crippen molar-refractivity contribution in [3.05, 3.63) is 23.1 Å². The highest BCUT2D eigenvalue weighted by atomic mass is 35.5. The van der Waals surface area contributed by atoms with E-state index in [0.29, 0.717) is 10.8 Å². The van der Waals surface area contributed by atoms with Crippen molar-refractivity contribution in [2.75, 3.05) is 37.6 Å². The zero-order valence-electron chi connectivity index (χ0n) is 9.29. The van der Waals surface area contributed by atoms with Crippen LogP contribution in [0.1, 0.15) is 6.92 Å². The molecule has 1 aromatic rings. The van der Waals surface area contributed by atoms with Crippen molar-refractivity contribution in [3.63, 3.8) is 0 Å². The van der Waals surface area contributed by atoms with Gasteiger partial charge in [-0.2, -0.15) is 0 Å². The lowest BCUT2D eigenvalue weighted by Crippen LogP contribution is -2.46. The van der Waals surface area contributed by atoms with Gasteiger partial charge in [-0.3, -0.25) is 0 Å². The predicted octanol–water partition coefficient (Wildman–Crippen LogP) is 2.02.